The van der Waals surface area contributed by atoms with Gasteiger partial charge >= 0.3 is 5.97 Å². The molecule has 2 aromatic carbocycles. The topological polar surface area (TPSA) is 55.3 Å². The number of anilines is 1. The zero-order valence-corrected chi connectivity index (χ0v) is 15.0. The quantitative estimate of drug-likeness (QED) is 0.669. The van der Waals surface area contributed by atoms with E-state index in [0.717, 1.165) is 42.0 Å². The minimum atomic E-state index is -0.364. The van der Waals surface area contributed by atoms with E-state index in [2.05, 4.69) is 24.0 Å². The minimum Gasteiger partial charge on any atom is -0.465 e. The molecular formula is C21H21N3O2. The van der Waals surface area contributed by atoms with Crippen LogP contribution in [-0.2, 0) is 4.74 Å². The third kappa shape index (κ3) is 2.90. The van der Waals surface area contributed by atoms with Crippen LogP contribution in [0.2, 0.25) is 0 Å². The lowest BCUT2D eigenvalue weighted by molar-refractivity contribution is 0.0601. The van der Waals surface area contributed by atoms with Gasteiger partial charge in [-0.1, -0.05) is 30.3 Å². The average molecular weight is 347 g/mol. The molecule has 2 heterocycles. The highest BCUT2D eigenvalue weighted by atomic mass is 16.5. The molecule has 4 rings (SSSR count). The second kappa shape index (κ2) is 6.75. The van der Waals surface area contributed by atoms with Gasteiger partial charge in [0.1, 0.15) is 5.69 Å². The van der Waals surface area contributed by atoms with Crippen LogP contribution >= 0.6 is 0 Å². The van der Waals surface area contributed by atoms with Gasteiger partial charge in [-0.05, 0) is 38.0 Å². The number of hydrogen-bond donors (Lipinski definition) is 0. The number of fused-ring (bicyclic) bond motifs is 1. The number of carbonyl (C=O) groups is 1. The van der Waals surface area contributed by atoms with Crippen molar-refractivity contribution >= 4 is 22.8 Å². The third-order valence-corrected chi connectivity index (χ3v) is 4.94. The molecule has 0 aliphatic carbocycles. The van der Waals surface area contributed by atoms with Crippen LogP contribution in [0.15, 0.2) is 48.5 Å². The molecule has 132 valence electrons. The smallest absolute Gasteiger partial charge is 0.337 e. The Kier molecular flexibility index (Phi) is 4.29. The monoisotopic (exact) mass is 347 g/mol. The number of nitrogens with zero attached hydrogens (tertiary/aromatic N) is 3. The maximum Gasteiger partial charge on any atom is 0.337 e. The van der Waals surface area contributed by atoms with Gasteiger partial charge in [0.15, 0.2) is 5.82 Å². The second-order valence-corrected chi connectivity index (χ2v) is 6.64. The molecule has 1 saturated heterocycles. The van der Waals surface area contributed by atoms with E-state index in [0.29, 0.717) is 17.1 Å². The van der Waals surface area contributed by atoms with Gasteiger partial charge in [-0.15, -0.1) is 0 Å². The molecule has 5 heteroatoms. The standard InChI is InChI=1S/C21H21N3O2/c1-14-7-6-12-24(14)20-19(15-8-4-3-5-9-15)22-17-11-10-16(21(25)26-2)13-18(17)23-20/h3-5,8-11,13-14H,6-7,12H2,1-2H3. The van der Waals surface area contributed by atoms with Crippen molar-refractivity contribution in [2.75, 3.05) is 18.6 Å². The number of aromatic nitrogens is 2. The summed E-state index contributed by atoms with van der Waals surface area (Å²) in [4.78, 5) is 24.0. The molecule has 0 N–H and O–H groups in total. The summed E-state index contributed by atoms with van der Waals surface area (Å²) in [6.07, 6.45) is 2.30. The lowest BCUT2D eigenvalue weighted by atomic mass is 10.1. The Balaban J connectivity index is 1.92. The van der Waals surface area contributed by atoms with Crippen LogP contribution in [0.3, 0.4) is 0 Å². The molecule has 1 unspecified atom stereocenters. The van der Waals surface area contributed by atoms with E-state index < -0.39 is 0 Å². The second-order valence-electron chi connectivity index (χ2n) is 6.64. The molecule has 0 spiro atoms. The average Bonchev–Trinajstić information content (AvgIpc) is 3.12. The van der Waals surface area contributed by atoms with E-state index in [9.17, 15) is 4.79 Å². The van der Waals surface area contributed by atoms with Gasteiger partial charge in [0.25, 0.3) is 0 Å². The molecule has 1 aromatic heterocycles. The van der Waals surface area contributed by atoms with Gasteiger partial charge in [0, 0.05) is 18.2 Å². The molecule has 0 radical (unpaired) electrons. The van der Waals surface area contributed by atoms with E-state index in [1.54, 1.807) is 12.1 Å². The molecule has 1 atom stereocenters. The van der Waals surface area contributed by atoms with Crippen molar-refractivity contribution in [3.63, 3.8) is 0 Å². The van der Waals surface area contributed by atoms with Crippen molar-refractivity contribution < 1.29 is 9.53 Å². The number of esters is 1. The van der Waals surface area contributed by atoms with Crippen LogP contribution in [-0.4, -0.2) is 35.6 Å². The van der Waals surface area contributed by atoms with Crippen LogP contribution < -0.4 is 4.90 Å². The van der Waals surface area contributed by atoms with Crippen LogP contribution in [0, 0.1) is 0 Å². The van der Waals surface area contributed by atoms with Crippen molar-refractivity contribution in [3.8, 4) is 11.3 Å². The van der Waals surface area contributed by atoms with Crippen LogP contribution in [0.4, 0.5) is 5.82 Å². The van der Waals surface area contributed by atoms with Gasteiger partial charge in [0.05, 0.1) is 23.7 Å². The number of ether oxygens (including phenoxy) is 1. The Morgan fingerprint density at radius 3 is 2.62 bits per heavy atom. The lowest BCUT2D eigenvalue weighted by Crippen LogP contribution is -2.28. The molecular weight excluding hydrogens is 326 g/mol. The predicted molar refractivity (Wildman–Crippen MR) is 102 cm³/mol. The zero-order valence-electron chi connectivity index (χ0n) is 15.0. The summed E-state index contributed by atoms with van der Waals surface area (Å²) < 4.78 is 4.83. The highest BCUT2D eigenvalue weighted by molar-refractivity contribution is 5.94. The van der Waals surface area contributed by atoms with Crippen LogP contribution in [0.25, 0.3) is 22.3 Å². The Morgan fingerprint density at radius 2 is 1.92 bits per heavy atom. The molecule has 0 bridgehead atoms. The van der Waals surface area contributed by atoms with Crippen molar-refractivity contribution in [1.29, 1.82) is 0 Å². The lowest BCUT2D eigenvalue weighted by Gasteiger charge is -2.25. The van der Waals surface area contributed by atoms with E-state index >= 15 is 0 Å². The van der Waals surface area contributed by atoms with Gasteiger partial charge in [0.2, 0.25) is 0 Å². The molecule has 0 saturated carbocycles. The Morgan fingerprint density at radius 1 is 1.12 bits per heavy atom. The number of rotatable bonds is 3. The van der Waals surface area contributed by atoms with Gasteiger partial charge in [-0.3, -0.25) is 0 Å². The molecule has 1 aliphatic rings. The summed E-state index contributed by atoms with van der Waals surface area (Å²) in [6.45, 7) is 3.19. The maximum absolute atomic E-state index is 11.9. The van der Waals surface area contributed by atoms with E-state index in [1.807, 2.05) is 24.3 Å². The number of hydrogen-bond acceptors (Lipinski definition) is 5. The van der Waals surface area contributed by atoms with Crippen molar-refractivity contribution in [1.82, 2.24) is 9.97 Å². The summed E-state index contributed by atoms with van der Waals surface area (Å²) in [5.74, 6) is 0.521. The van der Waals surface area contributed by atoms with Crippen LogP contribution in [0.5, 0.6) is 0 Å². The van der Waals surface area contributed by atoms with Crippen molar-refractivity contribution in [2.45, 2.75) is 25.8 Å². The first-order valence-electron chi connectivity index (χ1n) is 8.89. The molecule has 0 amide bonds. The first kappa shape index (κ1) is 16.5. The maximum atomic E-state index is 11.9. The zero-order chi connectivity index (χ0) is 18.1. The normalized spacial score (nSPS) is 16.8. The van der Waals surface area contributed by atoms with Crippen molar-refractivity contribution in [2.24, 2.45) is 0 Å². The van der Waals surface area contributed by atoms with Gasteiger partial charge in [-0.2, -0.15) is 0 Å². The summed E-state index contributed by atoms with van der Waals surface area (Å²) in [5, 5.41) is 0. The highest BCUT2D eigenvalue weighted by Crippen LogP contribution is 2.33. The summed E-state index contributed by atoms with van der Waals surface area (Å²) in [5.41, 5.74) is 3.90. The van der Waals surface area contributed by atoms with E-state index in [1.165, 1.54) is 7.11 Å². The summed E-state index contributed by atoms with van der Waals surface area (Å²) in [7, 11) is 1.38. The minimum absolute atomic E-state index is 0.364. The predicted octanol–water partition coefficient (Wildman–Crippen LogP) is 4.07. The highest BCUT2D eigenvalue weighted by Gasteiger charge is 2.26. The fourth-order valence-electron chi connectivity index (χ4n) is 3.53. The Bertz CT molecular complexity index is 956. The number of benzene rings is 2. The van der Waals surface area contributed by atoms with Gasteiger partial charge in [-0.25, -0.2) is 14.8 Å². The SMILES string of the molecule is COC(=O)c1ccc2nc(-c3ccccc3)c(N3CCCC3C)nc2c1. The van der Waals surface area contributed by atoms with E-state index in [-0.39, 0.29) is 5.97 Å². The number of carbonyl (C=O) groups excluding carboxylic acids is 1. The third-order valence-electron chi connectivity index (χ3n) is 4.94. The molecule has 1 aliphatic heterocycles. The van der Waals surface area contributed by atoms with E-state index in [4.69, 9.17) is 14.7 Å². The number of methoxy groups -OCH3 is 1. The summed E-state index contributed by atoms with van der Waals surface area (Å²) in [6, 6.07) is 15.9. The largest absolute Gasteiger partial charge is 0.465 e. The fourth-order valence-corrected chi connectivity index (χ4v) is 3.53. The molecule has 3 aromatic rings. The van der Waals surface area contributed by atoms with Crippen LogP contribution in [0.1, 0.15) is 30.1 Å². The first-order valence-corrected chi connectivity index (χ1v) is 8.89. The fraction of sp³-hybridized carbons (Fsp3) is 0.286. The first-order chi connectivity index (χ1) is 12.7. The van der Waals surface area contributed by atoms with Gasteiger partial charge < -0.3 is 9.64 Å². The Hall–Kier alpha value is -2.95. The molecule has 1 fully saturated rings. The molecule has 5 nitrogen and oxygen atoms in total. The Labute approximate surface area is 152 Å². The van der Waals surface area contributed by atoms with Crippen molar-refractivity contribution in [3.05, 3.63) is 54.1 Å². The summed E-state index contributed by atoms with van der Waals surface area (Å²) >= 11 is 0. The molecule has 26 heavy (non-hydrogen) atoms.